The molecule has 2 atom stereocenters. The molecule has 0 aromatic heterocycles. The van der Waals surface area contributed by atoms with E-state index in [2.05, 4.69) is 80.0 Å². The molecule has 6 rings (SSSR count). The average molecular weight is 570 g/mol. The number of anilines is 2. The summed E-state index contributed by atoms with van der Waals surface area (Å²) in [6, 6.07) is 11.9. The zero-order valence-corrected chi connectivity index (χ0v) is 24.3. The van der Waals surface area contributed by atoms with Gasteiger partial charge in [-0.2, -0.15) is 0 Å². The second kappa shape index (κ2) is 12.0. The molecule has 2 aliphatic heterocycles. The fraction of sp³-hybridized carbons (Fsp3) is 0.600. The number of halogens is 1. The van der Waals surface area contributed by atoms with E-state index in [1.165, 1.54) is 38.1 Å². The smallest absolute Gasteiger partial charge is 0.0403 e. The Morgan fingerprint density at radius 3 is 1.81 bits per heavy atom. The summed E-state index contributed by atoms with van der Waals surface area (Å²) in [5, 5.41) is 0. The monoisotopic (exact) mass is 568 g/mol. The van der Waals surface area contributed by atoms with Crippen LogP contribution >= 0.6 is 15.9 Å². The van der Waals surface area contributed by atoms with Crippen molar-refractivity contribution in [2.45, 2.75) is 50.6 Å². The first-order chi connectivity index (χ1) is 17.9. The molecule has 2 saturated heterocycles. The fourth-order valence-electron chi connectivity index (χ4n) is 6.33. The van der Waals surface area contributed by atoms with Gasteiger partial charge in [-0.15, -0.1) is 0 Å². The topological polar surface area (TPSA) is 65.0 Å². The Hall–Kier alpha value is -1.64. The van der Waals surface area contributed by atoms with Crippen molar-refractivity contribution in [2.75, 3.05) is 76.3 Å². The molecule has 202 valence electrons. The molecule has 37 heavy (non-hydrogen) atoms. The van der Waals surface area contributed by atoms with Gasteiger partial charge in [-0.25, -0.2) is 0 Å². The van der Waals surface area contributed by atoms with Crippen molar-refractivity contribution in [3.05, 3.63) is 57.1 Å². The van der Waals surface area contributed by atoms with E-state index in [0.29, 0.717) is 12.1 Å². The minimum absolute atomic E-state index is 0.327. The Labute approximate surface area is 232 Å². The van der Waals surface area contributed by atoms with Crippen LogP contribution in [0.1, 0.15) is 35.1 Å². The summed E-state index contributed by atoms with van der Waals surface area (Å²) in [6.45, 7) is 9.16. The Morgan fingerprint density at radius 1 is 0.649 bits per heavy atom. The number of rotatable bonds is 2. The molecule has 2 fully saturated rings. The Morgan fingerprint density at radius 2 is 1.19 bits per heavy atom. The van der Waals surface area contributed by atoms with E-state index >= 15 is 0 Å². The van der Waals surface area contributed by atoms with E-state index in [1.807, 2.05) is 0 Å². The van der Waals surface area contributed by atoms with Crippen LogP contribution < -0.4 is 21.3 Å². The molecule has 0 saturated carbocycles. The number of piperazine rings is 2. The maximum Gasteiger partial charge on any atom is 0.0403 e. The second-order valence-electron chi connectivity index (χ2n) is 11.5. The van der Waals surface area contributed by atoms with Crippen molar-refractivity contribution in [2.24, 2.45) is 11.5 Å². The van der Waals surface area contributed by atoms with Crippen LogP contribution in [0, 0.1) is 0 Å². The van der Waals surface area contributed by atoms with Gasteiger partial charge >= 0.3 is 0 Å². The van der Waals surface area contributed by atoms with Crippen molar-refractivity contribution in [3.63, 3.8) is 0 Å². The van der Waals surface area contributed by atoms with Crippen LogP contribution in [0.2, 0.25) is 0 Å². The van der Waals surface area contributed by atoms with Gasteiger partial charge in [0.25, 0.3) is 0 Å². The lowest BCUT2D eigenvalue weighted by molar-refractivity contribution is 0.312. The summed E-state index contributed by atoms with van der Waals surface area (Å²) >= 11 is 3.70. The van der Waals surface area contributed by atoms with E-state index in [0.717, 1.165) is 90.9 Å². The van der Waals surface area contributed by atoms with Crippen molar-refractivity contribution in [1.82, 2.24) is 9.80 Å². The summed E-state index contributed by atoms with van der Waals surface area (Å²) in [5.74, 6) is 0. The minimum atomic E-state index is 0.327. The summed E-state index contributed by atoms with van der Waals surface area (Å²) in [4.78, 5) is 9.87. The molecule has 4 aliphatic rings. The standard InChI is InChI=1S/C15H22BrN3.C15H23N3/c1-18-6-8-19(9-7-18)15-5-4-14(16)12-3-2-11(17)10-13(12)15;1-17-7-9-18(10-8-17)15-4-2-3-12-5-6-13(16)11-14(12)15/h4-5,11H,2-3,6-10,17H2,1H3;2-4,13H,5-11,16H2,1H3/t11-;13-/m11/s1. The molecule has 0 amide bonds. The third-order valence-corrected chi connectivity index (χ3v) is 9.51. The van der Waals surface area contributed by atoms with Crippen LogP contribution in [0.5, 0.6) is 0 Å². The lowest BCUT2D eigenvalue weighted by atomic mass is 9.87. The summed E-state index contributed by atoms with van der Waals surface area (Å²) in [5.41, 5.74) is 21.2. The van der Waals surface area contributed by atoms with E-state index in [-0.39, 0.29) is 0 Å². The average Bonchev–Trinajstić information content (AvgIpc) is 2.90. The van der Waals surface area contributed by atoms with Crippen LogP contribution in [0.15, 0.2) is 34.8 Å². The van der Waals surface area contributed by atoms with Crippen LogP contribution in [0.25, 0.3) is 0 Å². The quantitative estimate of drug-likeness (QED) is 0.579. The number of hydrogen-bond acceptors (Lipinski definition) is 6. The molecule has 2 aromatic carbocycles. The van der Waals surface area contributed by atoms with Gasteiger partial charge in [0.15, 0.2) is 0 Å². The summed E-state index contributed by atoms with van der Waals surface area (Å²) in [6.07, 6.45) is 6.59. The minimum Gasteiger partial charge on any atom is -0.369 e. The van der Waals surface area contributed by atoms with Gasteiger partial charge in [0.2, 0.25) is 0 Å². The third-order valence-electron chi connectivity index (χ3n) is 8.77. The number of likely N-dealkylation sites (N-methyl/N-ethyl adjacent to an activating group) is 2. The molecule has 0 spiro atoms. The van der Waals surface area contributed by atoms with Gasteiger partial charge in [-0.3, -0.25) is 0 Å². The highest BCUT2D eigenvalue weighted by Crippen LogP contribution is 2.35. The highest BCUT2D eigenvalue weighted by Gasteiger charge is 2.25. The first-order valence-electron chi connectivity index (χ1n) is 14.2. The fourth-order valence-corrected chi connectivity index (χ4v) is 6.90. The van der Waals surface area contributed by atoms with Crippen molar-refractivity contribution in [1.29, 1.82) is 0 Å². The Balaban J connectivity index is 0.000000152. The number of benzene rings is 2. The molecule has 2 heterocycles. The Bertz CT molecular complexity index is 1060. The highest BCUT2D eigenvalue weighted by atomic mass is 79.9. The van der Waals surface area contributed by atoms with Gasteiger partial charge in [0.1, 0.15) is 0 Å². The molecular formula is C30H45BrN6. The largest absolute Gasteiger partial charge is 0.369 e. The predicted octanol–water partition coefficient (Wildman–Crippen LogP) is 3.27. The lowest BCUT2D eigenvalue weighted by Gasteiger charge is -2.37. The molecule has 2 aliphatic carbocycles. The molecule has 7 heteroatoms. The molecule has 0 unspecified atom stereocenters. The number of nitrogens with zero attached hydrogens (tertiary/aromatic N) is 4. The number of fused-ring (bicyclic) bond motifs is 2. The predicted molar refractivity (Wildman–Crippen MR) is 160 cm³/mol. The van der Waals surface area contributed by atoms with E-state index in [1.54, 1.807) is 0 Å². The van der Waals surface area contributed by atoms with Gasteiger partial charge in [-0.1, -0.05) is 28.1 Å². The summed E-state index contributed by atoms with van der Waals surface area (Å²) in [7, 11) is 4.40. The normalized spacial score (nSPS) is 24.7. The maximum atomic E-state index is 6.18. The molecule has 4 N–H and O–H groups in total. The molecule has 6 nitrogen and oxygen atoms in total. The zero-order chi connectivity index (χ0) is 25.9. The van der Waals surface area contributed by atoms with E-state index in [4.69, 9.17) is 11.5 Å². The van der Waals surface area contributed by atoms with Crippen LogP contribution in [0.4, 0.5) is 11.4 Å². The number of aryl methyl sites for hydroxylation is 1. The highest BCUT2D eigenvalue weighted by molar-refractivity contribution is 9.10. The Kier molecular flexibility index (Phi) is 8.77. The third kappa shape index (κ3) is 6.34. The van der Waals surface area contributed by atoms with Crippen molar-refractivity contribution in [3.8, 4) is 0 Å². The molecular weight excluding hydrogens is 524 g/mol. The molecule has 0 bridgehead atoms. The zero-order valence-electron chi connectivity index (χ0n) is 22.8. The first kappa shape index (κ1) is 26.9. The van der Waals surface area contributed by atoms with Gasteiger partial charge in [0, 0.05) is 80.3 Å². The lowest BCUT2D eigenvalue weighted by Crippen LogP contribution is -2.45. The number of hydrogen-bond donors (Lipinski definition) is 2. The van der Waals surface area contributed by atoms with Crippen molar-refractivity contribution < 1.29 is 0 Å². The summed E-state index contributed by atoms with van der Waals surface area (Å²) < 4.78 is 1.26. The molecule has 0 radical (unpaired) electrons. The van der Waals surface area contributed by atoms with E-state index in [9.17, 15) is 0 Å². The SMILES string of the molecule is CN1CCN(c2ccc(Br)c3c2C[C@H](N)CC3)CC1.CN1CCN(c2cccc3c2C[C@H](N)CC3)CC1. The molecule has 2 aromatic rings. The van der Waals surface area contributed by atoms with Crippen molar-refractivity contribution >= 4 is 27.3 Å². The number of nitrogens with two attached hydrogens (primary N) is 2. The van der Waals surface area contributed by atoms with Gasteiger partial charge in [-0.05, 0) is 93.1 Å². The van der Waals surface area contributed by atoms with Crippen LogP contribution in [-0.2, 0) is 25.7 Å². The second-order valence-corrected chi connectivity index (χ2v) is 12.4. The van der Waals surface area contributed by atoms with Crippen LogP contribution in [-0.4, -0.2) is 88.3 Å². The first-order valence-corrected chi connectivity index (χ1v) is 15.0. The van der Waals surface area contributed by atoms with E-state index < -0.39 is 0 Å². The maximum absolute atomic E-state index is 6.18. The van der Waals surface area contributed by atoms with Crippen LogP contribution in [0.3, 0.4) is 0 Å². The van der Waals surface area contributed by atoms with Gasteiger partial charge < -0.3 is 31.1 Å². The van der Waals surface area contributed by atoms with Gasteiger partial charge in [0.05, 0.1) is 0 Å².